The molecule has 2 aliphatic carbocycles. The summed E-state index contributed by atoms with van der Waals surface area (Å²) < 4.78 is 0. The van der Waals surface area contributed by atoms with Crippen molar-refractivity contribution in [3.8, 4) is 0 Å². The monoisotopic (exact) mass is 249 g/mol. The summed E-state index contributed by atoms with van der Waals surface area (Å²) in [5.74, 6) is 0.830. The standard InChI is InChI=1S/C16H27NO/c1-2-8-17-9-4-6-13-10-14-12(11-15(13)17)5-3-7-16(14)18/h13,15-16,18H,2-11H2,1H3/t13-,15-,16+/m1/s1. The van der Waals surface area contributed by atoms with Crippen molar-refractivity contribution in [2.24, 2.45) is 5.92 Å². The highest BCUT2D eigenvalue weighted by Crippen LogP contribution is 2.43. The van der Waals surface area contributed by atoms with Gasteiger partial charge < -0.3 is 5.11 Å². The van der Waals surface area contributed by atoms with Crippen LogP contribution in [0.2, 0.25) is 0 Å². The van der Waals surface area contributed by atoms with Gasteiger partial charge in [-0.15, -0.1) is 0 Å². The van der Waals surface area contributed by atoms with Crippen LogP contribution in [0.4, 0.5) is 0 Å². The topological polar surface area (TPSA) is 23.5 Å². The molecule has 0 saturated carbocycles. The minimum atomic E-state index is -0.101. The first-order chi connectivity index (χ1) is 8.79. The van der Waals surface area contributed by atoms with Crippen LogP contribution in [0.5, 0.6) is 0 Å². The zero-order valence-electron chi connectivity index (χ0n) is 11.7. The highest BCUT2D eigenvalue weighted by Gasteiger charge is 2.38. The summed E-state index contributed by atoms with van der Waals surface area (Å²) in [4.78, 5) is 2.74. The summed E-state index contributed by atoms with van der Waals surface area (Å²) in [6.07, 6.45) is 9.84. The average Bonchev–Trinajstić information content (AvgIpc) is 2.38. The molecule has 18 heavy (non-hydrogen) atoms. The summed E-state index contributed by atoms with van der Waals surface area (Å²) >= 11 is 0. The summed E-state index contributed by atoms with van der Waals surface area (Å²) in [5.41, 5.74) is 3.07. The molecule has 3 atom stereocenters. The number of fused-ring (bicyclic) bond motifs is 1. The first-order valence-corrected chi connectivity index (χ1v) is 7.92. The molecule has 1 fully saturated rings. The first kappa shape index (κ1) is 12.7. The van der Waals surface area contributed by atoms with Crippen LogP contribution in [0.25, 0.3) is 0 Å². The number of piperidine rings is 1. The Morgan fingerprint density at radius 1 is 1.22 bits per heavy atom. The van der Waals surface area contributed by atoms with Gasteiger partial charge in [0.1, 0.15) is 0 Å². The number of hydrogen-bond donors (Lipinski definition) is 1. The Hall–Kier alpha value is -0.340. The SMILES string of the molecule is CCCN1CCC[C@@H]2CC3=C(CCC[C@@H]3O)C[C@H]21. The molecule has 102 valence electrons. The largest absolute Gasteiger partial charge is 0.389 e. The maximum absolute atomic E-state index is 10.2. The van der Waals surface area contributed by atoms with Crippen LogP contribution in [0.1, 0.15) is 58.3 Å². The molecule has 2 nitrogen and oxygen atoms in total. The van der Waals surface area contributed by atoms with Gasteiger partial charge >= 0.3 is 0 Å². The van der Waals surface area contributed by atoms with E-state index >= 15 is 0 Å². The lowest BCUT2D eigenvalue weighted by Gasteiger charge is -2.47. The van der Waals surface area contributed by atoms with E-state index < -0.39 is 0 Å². The third-order valence-electron chi connectivity index (χ3n) is 5.29. The van der Waals surface area contributed by atoms with Crippen LogP contribution in [-0.2, 0) is 0 Å². The van der Waals surface area contributed by atoms with E-state index in [0.29, 0.717) is 0 Å². The zero-order valence-corrected chi connectivity index (χ0v) is 11.7. The van der Waals surface area contributed by atoms with Gasteiger partial charge in [0.25, 0.3) is 0 Å². The number of hydrogen-bond acceptors (Lipinski definition) is 2. The molecule has 0 bridgehead atoms. The normalized spacial score (nSPS) is 37.3. The average molecular weight is 249 g/mol. The molecule has 0 aromatic carbocycles. The first-order valence-electron chi connectivity index (χ1n) is 7.92. The predicted molar refractivity (Wildman–Crippen MR) is 74.5 cm³/mol. The van der Waals surface area contributed by atoms with Crippen molar-refractivity contribution < 1.29 is 5.11 Å². The Labute approximate surface area is 111 Å². The van der Waals surface area contributed by atoms with Gasteiger partial charge in [0.05, 0.1) is 6.10 Å². The van der Waals surface area contributed by atoms with Crippen LogP contribution >= 0.6 is 0 Å². The zero-order chi connectivity index (χ0) is 12.5. The molecule has 3 aliphatic rings. The number of likely N-dealkylation sites (tertiary alicyclic amines) is 1. The summed E-state index contributed by atoms with van der Waals surface area (Å²) in [5, 5.41) is 10.2. The van der Waals surface area contributed by atoms with Crippen LogP contribution < -0.4 is 0 Å². The molecule has 0 unspecified atom stereocenters. The van der Waals surface area contributed by atoms with Crippen LogP contribution in [0.3, 0.4) is 0 Å². The van der Waals surface area contributed by atoms with Gasteiger partial charge in [0.2, 0.25) is 0 Å². The molecule has 1 N–H and O–H groups in total. The summed E-state index contributed by atoms with van der Waals surface area (Å²) in [7, 11) is 0. The molecule has 3 rings (SSSR count). The predicted octanol–water partition coefficient (Wildman–Crippen LogP) is 3.11. The molecule has 2 heteroatoms. The Morgan fingerprint density at radius 2 is 2.11 bits per heavy atom. The van der Waals surface area contributed by atoms with Crippen molar-refractivity contribution in [1.82, 2.24) is 4.90 Å². The van der Waals surface area contributed by atoms with Crippen molar-refractivity contribution in [1.29, 1.82) is 0 Å². The lowest BCUT2D eigenvalue weighted by atomic mass is 9.70. The Bertz CT molecular complexity index is 334. The Kier molecular flexibility index (Phi) is 3.76. The third-order valence-corrected chi connectivity index (χ3v) is 5.29. The Morgan fingerprint density at radius 3 is 2.94 bits per heavy atom. The van der Waals surface area contributed by atoms with Gasteiger partial charge in [-0.05, 0) is 75.9 Å². The smallest absolute Gasteiger partial charge is 0.0753 e. The molecular formula is C16H27NO. The number of aliphatic hydroxyl groups is 1. The van der Waals surface area contributed by atoms with E-state index in [2.05, 4.69) is 11.8 Å². The second kappa shape index (κ2) is 5.34. The number of nitrogens with zero attached hydrogens (tertiary/aromatic N) is 1. The van der Waals surface area contributed by atoms with E-state index in [-0.39, 0.29) is 6.10 Å². The van der Waals surface area contributed by atoms with Crippen molar-refractivity contribution in [3.63, 3.8) is 0 Å². The number of rotatable bonds is 2. The maximum Gasteiger partial charge on any atom is 0.0753 e. The summed E-state index contributed by atoms with van der Waals surface area (Å²) in [6, 6.07) is 0.794. The second-order valence-electron chi connectivity index (χ2n) is 6.45. The minimum Gasteiger partial charge on any atom is -0.389 e. The minimum absolute atomic E-state index is 0.101. The second-order valence-corrected chi connectivity index (χ2v) is 6.45. The van der Waals surface area contributed by atoms with E-state index in [1.54, 1.807) is 5.57 Å². The number of aliphatic hydroxyl groups excluding tert-OH is 1. The van der Waals surface area contributed by atoms with Crippen LogP contribution in [0, 0.1) is 5.92 Å². The van der Waals surface area contributed by atoms with E-state index in [9.17, 15) is 5.11 Å². The molecule has 1 aliphatic heterocycles. The highest BCUT2D eigenvalue weighted by molar-refractivity contribution is 5.26. The van der Waals surface area contributed by atoms with Gasteiger partial charge in [-0.1, -0.05) is 12.5 Å². The molecular weight excluding hydrogens is 222 g/mol. The molecule has 0 aromatic heterocycles. The van der Waals surface area contributed by atoms with Crippen LogP contribution in [-0.4, -0.2) is 35.2 Å². The Balaban J connectivity index is 1.79. The van der Waals surface area contributed by atoms with Crippen molar-refractivity contribution >= 4 is 0 Å². The molecule has 0 radical (unpaired) electrons. The van der Waals surface area contributed by atoms with Gasteiger partial charge in [-0.25, -0.2) is 0 Å². The van der Waals surface area contributed by atoms with E-state index in [1.807, 2.05) is 0 Å². The van der Waals surface area contributed by atoms with Crippen molar-refractivity contribution in [2.45, 2.75) is 70.4 Å². The van der Waals surface area contributed by atoms with Gasteiger partial charge in [0, 0.05) is 6.04 Å². The maximum atomic E-state index is 10.2. The van der Waals surface area contributed by atoms with Gasteiger partial charge in [0.15, 0.2) is 0 Å². The summed E-state index contributed by atoms with van der Waals surface area (Å²) in [6.45, 7) is 4.87. The van der Waals surface area contributed by atoms with Gasteiger partial charge in [-0.3, -0.25) is 4.90 Å². The fourth-order valence-electron chi connectivity index (χ4n) is 4.44. The van der Waals surface area contributed by atoms with E-state index in [4.69, 9.17) is 0 Å². The fourth-order valence-corrected chi connectivity index (χ4v) is 4.44. The van der Waals surface area contributed by atoms with E-state index in [0.717, 1.165) is 18.4 Å². The third kappa shape index (κ3) is 2.25. The molecule has 0 amide bonds. The molecule has 1 heterocycles. The van der Waals surface area contributed by atoms with Crippen LogP contribution in [0.15, 0.2) is 11.1 Å². The van der Waals surface area contributed by atoms with Gasteiger partial charge in [-0.2, -0.15) is 0 Å². The highest BCUT2D eigenvalue weighted by atomic mass is 16.3. The molecule has 1 saturated heterocycles. The molecule has 0 aromatic rings. The lowest BCUT2D eigenvalue weighted by Crippen LogP contribution is -2.48. The molecule has 0 spiro atoms. The fraction of sp³-hybridized carbons (Fsp3) is 0.875. The van der Waals surface area contributed by atoms with E-state index in [1.165, 1.54) is 63.6 Å². The van der Waals surface area contributed by atoms with Crippen molar-refractivity contribution in [2.75, 3.05) is 13.1 Å². The quantitative estimate of drug-likeness (QED) is 0.760. The van der Waals surface area contributed by atoms with Crippen molar-refractivity contribution in [3.05, 3.63) is 11.1 Å². The lowest BCUT2D eigenvalue weighted by molar-refractivity contribution is 0.0722.